The first-order valence-corrected chi connectivity index (χ1v) is 5.65. The van der Waals surface area contributed by atoms with Gasteiger partial charge in [0.25, 0.3) is 0 Å². The molecule has 0 heterocycles. The Bertz CT molecular complexity index is 159. The predicted octanol–water partition coefficient (Wildman–Crippen LogP) is 0.754. The molecule has 3 heteroatoms. The highest BCUT2D eigenvalue weighted by atomic mass is 16.3. The van der Waals surface area contributed by atoms with Gasteiger partial charge in [0.05, 0.1) is 19.3 Å². The second-order valence-corrected chi connectivity index (χ2v) is 4.69. The molecule has 14 heavy (non-hydrogen) atoms. The molecule has 1 fully saturated rings. The topological polar surface area (TPSA) is 52.5 Å². The predicted molar refractivity (Wildman–Crippen MR) is 57.1 cm³/mol. The largest absolute Gasteiger partial charge is 0.395 e. The summed E-state index contributed by atoms with van der Waals surface area (Å²) in [6.07, 6.45) is 3.59. The van der Waals surface area contributed by atoms with E-state index in [1.165, 1.54) is 12.8 Å². The van der Waals surface area contributed by atoms with Crippen molar-refractivity contribution in [2.45, 2.75) is 45.2 Å². The average Bonchev–Trinajstić information content (AvgIpc) is 2.19. The van der Waals surface area contributed by atoms with E-state index >= 15 is 0 Å². The molecule has 0 amide bonds. The van der Waals surface area contributed by atoms with Gasteiger partial charge in [-0.3, -0.25) is 0 Å². The van der Waals surface area contributed by atoms with Crippen LogP contribution < -0.4 is 5.32 Å². The number of hydrogen-bond donors (Lipinski definition) is 3. The molecule has 0 aliphatic heterocycles. The molecule has 1 aliphatic carbocycles. The van der Waals surface area contributed by atoms with E-state index in [2.05, 4.69) is 19.2 Å². The molecular weight excluding hydrogens is 178 g/mol. The Hall–Kier alpha value is -0.120. The van der Waals surface area contributed by atoms with E-state index in [4.69, 9.17) is 10.2 Å². The third-order valence-electron chi connectivity index (χ3n) is 3.51. The molecule has 0 bridgehead atoms. The molecule has 3 N–H and O–H groups in total. The van der Waals surface area contributed by atoms with Gasteiger partial charge in [0.2, 0.25) is 0 Å². The van der Waals surface area contributed by atoms with Crippen LogP contribution in [0.1, 0.15) is 33.1 Å². The highest BCUT2D eigenvalue weighted by Crippen LogP contribution is 2.29. The van der Waals surface area contributed by atoms with Gasteiger partial charge in [0, 0.05) is 6.04 Å². The highest BCUT2D eigenvalue weighted by molar-refractivity contribution is 4.82. The maximum atomic E-state index is 8.95. The Morgan fingerprint density at radius 2 is 1.79 bits per heavy atom. The van der Waals surface area contributed by atoms with Gasteiger partial charge < -0.3 is 15.5 Å². The van der Waals surface area contributed by atoms with Crippen molar-refractivity contribution in [2.75, 3.05) is 13.2 Å². The third kappa shape index (κ3) is 3.23. The number of hydrogen-bond acceptors (Lipinski definition) is 3. The fraction of sp³-hybridized carbons (Fsp3) is 1.00. The zero-order valence-corrected chi connectivity index (χ0v) is 9.24. The quantitative estimate of drug-likeness (QED) is 0.629. The number of rotatable bonds is 4. The van der Waals surface area contributed by atoms with E-state index < -0.39 is 0 Å². The van der Waals surface area contributed by atoms with E-state index in [-0.39, 0.29) is 19.3 Å². The lowest BCUT2D eigenvalue weighted by molar-refractivity contribution is 0.139. The summed E-state index contributed by atoms with van der Waals surface area (Å²) in [5.41, 5.74) is 0. The molecule has 84 valence electrons. The first kappa shape index (κ1) is 12.0. The molecule has 1 saturated carbocycles. The fourth-order valence-corrected chi connectivity index (χ4v) is 2.20. The molecule has 0 aromatic heterocycles. The highest BCUT2D eigenvalue weighted by Gasteiger charge is 2.25. The molecule has 0 saturated heterocycles. The van der Waals surface area contributed by atoms with Crippen molar-refractivity contribution < 1.29 is 10.2 Å². The monoisotopic (exact) mass is 201 g/mol. The van der Waals surface area contributed by atoms with Crippen molar-refractivity contribution >= 4 is 0 Å². The zero-order chi connectivity index (χ0) is 10.6. The van der Waals surface area contributed by atoms with Crippen molar-refractivity contribution in [1.82, 2.24) is 5.32 Å². The van der Waals surface area contributed by atoms with Crippen LogP contribution in [0.5, 0.6) is 0 Å². The van der Waals surface area contributed by atoms with Crippen LogP contribution in [0.25, 0.3) is 0 Å². The van der Waals surface area contributed by atoms with Crippen molar-refractivity contribution in [3.8, 4) is 0 Å². The Labute approximate surface area is 86.5 Å². The fourth-order valence-electron chi connectivity index (χ4n) is 2.20. The van der Waals surface area contributed by atoms with E-state index in [9.17, 15) is 0 Å². The van der Waals surface area contributed by atoms with E-state index in [0.29, 0.717) is 6.04 Å². The van der Waals surface area contributed by atoms with Crippen LogP contribution in [0.4, 0.5) is 0 Å². The summed E-state index contributed by atoms with van der Waals surface area (Å²) in [5.74, 6) is 1.56. The summed E-state index contributed by atoms with van der Waals surface area (Å²) in [6, 6.07) is 0.339. The van der Waals surface area contributed by atoms with Gasteiger partial charge in [0.1, 0.15) is 0 Å². The van der Waals surface area contributed by atoms with Crippen LogP contribution >= 0.6 is 0 Å². The molecular formula is C11H23NO2. The van der Waals surface area contributed by atoms with Crippen LogP contribution in [0.3, 0.4) is 0 Å². The lowest BCUT2D eigenvalue weighted by atomic mass is 9.79. The van der Waals surface area contributed by atoms with Crippen LogP contribution in [-0.2, 0) is 0 Å². The minimum atomic E-state index is -0.138. The standard InChI is InChI=1S/C11H23NO2/c1-8-3-4-10(5-9(8)2)12-11(6-13)7-14/h8-14H,3-7H2,1-2H3. The maximum Gasteiger partial charge on any atom is 0.0607 e. The van der Waals surface area contributed by atoms with E-state index in [1.54, 1.807) is 0 Å². The van der Waals surface area contributed by atoms with Crippen molar-refractivity contribution in [1.29, 1.82) is 0 Å². The van der Waals surface area contributed by atoms with Crippen LogP contribution in [-0.4, -0.2) is 35.5 Å². The Morgan fingerprint density at radius 3 is 2.29 bits per heavy atom. The first-order valence-electron chi connectivity index (χ1n) is 5.65. The van der Waals surface area contributed by atoms with Gasteiger partial charge >= 0.3 is 0 Å². The van der Waals surface area contributed by atoms with Crippen LogP contribution in [0.2, 0.25) is 0 Å². The molecule has 0 aromatic rings. The molecule has 1 aliphatic rings. The minimum Gasteiger partial charge on any atom is -0.395 e. The maximum absolute atomic E-state index is 8.95. The molecule has 0 aromatic carbocycles. The lowest BCUT2D eigenvalue weighted by Gasteiger charge is -2.34. The second-order valence-electron chi connectivity index (χ2n) is 4.69. The Balaban J connectivity index is 2.32. The zero-order valence-electron chi connectivity index (χ0n) is 9.24. The van der Waals surface area contributed by atoms with E-state index in [0.717, 1.165) is 18.3 Å². The average molecular weight is 201 g/mol. The van der Waals surface area contributed by atoms with Crippen LogP contribution in [0.15, 0.2) is 0 Å². The summed E-state index contributed by atoms with van der Waals surface area (Å²) in [7, 11) is 0. The van der Waals surface area contributed by atoms with Gasteiger partial charge in [-0.15, -0.1) is 0 Å². The minimum absolute atomic E-state index is 0.0247. The first-order chi connectivity index (χ1) is 6.67. The van der Waals surface area contributed by atoms with Gasteiger partial charge in [-0.1, -0.05) is 13.8 Å². The molecule has 1 rings (SSSR count). The SMILES string of the molecule is CC1CCC(NC(CO)CO)CC1C. The Kier molecular flexibility index (Phi) is 4.85. The summed E-state index contributed by atoms with van der Waals surface area (Å²) in [5, 5.41) is 21.2. The van der Waals surface area contributed by atoms with Gasteiger partial charge in [-0.2, -0.15) is 0 Å². The summed E-state index contributed by atoms with van der Waals surface area (Å²) in [6.45, 7) is 4.63. The molecule has 3 nitrogen and oxygen atoms in total. The molecule has 3 atom stereocenters. The number of aliphatic hydroxyl groups excluding tert-OH is 2. The van der Waals surface area contributed by atoms with Crippen LogP contribution in [0, 0.1) is 11.8 Å². The summed E-state index contributed by atoms with van der Waals surface area (Å²) < 4.78 is 0. The number of aliphatic hydroxyl groups is 2. The molecule has 0 spiro atoms. The third-order valence-corrected chi connectivity index (χ3v) is 3.51. The smallest absolute Gasteiger partial charge is 0.0607 e. The van der Waals surface area contributed by atoms with Crippen molar-refractivity contribution in [3.63, 3.8) is 0 Å². The van der Waals surface area contributed by atoms with Gasteiger partial charge in [0.15, 0.2) is 0 Å². The van der Waals surface area contributed by atoms with Gasteiger partial charge in [-0.25, -0.2) is 0 Å². The lowest BCUT2D eigenvalue weighted by Crippen LogP contribution is -2.45. The van der Waals surface area contributed by atoms with E-state index in [1.807, 2.05) is 0 Å². The number of nitrogens with one attached hydrogen (secondary N) is 1. The molecule has 3 unspecified atom stereocenters. The Morgan fingerprint density at radius 1 is 1.14 bits per heavy atom. The summed E-state index contributed by atoms with van der Waals surface area (Å²) in [4.78, 5) is 0. The normalized spacial score (nSPS) is 33.6. The second kappa shape index (κ2) is 5.69. The van der Waals surface area contributed by atoms with Gasteiger partial charge in [-0.05, 0) is 31.1 Å². The van der Waals surface area contributed by atoms with Crippen molar-refractivity contribution in [2.24, 2.45) is 11.8 Å². The van der Waals surface area contributed by atoms with Crippen molar-refractivity contribution in [3.05, 3.63) is 0 Å². The molecule has 0 radical (unpaired) electrons. The summed E-state index contributed by atoms with van der Waals surface area (Å²) >= 11 is 0.